The smallest absolute Gasteiger partial charge is 0.187 e. The summed E-state index contributed by atoms with van der Waals surface area (Å²) < 4.78 is 37.3. The van der Waals surface area contributed by atoms with Gasteiger partial charge in [-0.05, 0) is 0 Å². The molecule has 0 radical (unpaired) electrons. The molecule has 4 aliphatic rings. The van der Waals surface area contributed by atoms with Crippen molar-refractivity contribution in [3.63, 3.8) is 0 Å². The SMILES string of the molecule is [O-][C@@H]1O[C@H](CO)[C@@H](O)[C@H](O[C@@H]2O[C@H](CO)[C@@H](O)[C@H](O[C@@H]3O[C@H](CO)[C@@H](O)[C@H](O[C@@H]4O[C@H](CO)[C@@H](O)[C@H](O)[C@H]4O)[C@H]3O)[C@H]2O)[C@H]1O. The van der Waals surface area contributed by atoms with Gasteiger partial charge in [0.2, 0.25) is 0 Å². The number of aliphatic hydroxyl groups is 13. The quantitative estimate of drug-likeness (QED) is 0.103. The summed E-state index contributed by atoms with van der Waals surface area (Å²) >= 11 is 0. The van der Waals surface area contributed by atoms with E-state index in [1.54, 1.807) is 0 Å². The summed E-state index contributed by atoms with van der Waals surface area (Å²) in [4.78, 5) is 0. The standard InChI is InChI=1S/C24H41O21/c25-1-5-9(29)13(33)14(34)22(40-5)44-19-11(31)7(3-27)42-24(16(19)36)45-20-12(32)8(4-28)41-23(17(20)37)43-18-10(30)6(2-26)39-21(38)15(18)35/h5-37H,1-4H2/q-1/t5-,6-,7-,8-,9-,10-,11-,12-,13+,14-,15-,16-,17-,18+,19+,20+,21-,22+,23+,24+/m1/s1. The van der Waals surface area contributed by atoms with Crippen LogP contribution < -0.4 is 5.11 Å². The molecule has 21 heteroatoms. The van der Waals surface area contributed by atoms with E-state index in [-0.39, 0.29) is 0 Å². The molecule has 0 bridgehead atoms. The van der Waals surface area contributed by atoms with E-state index < -0.39 is 149 Å². The van der Waals surface area contributed by atoms with Gasteiger partial charge in [-0.15, -0.1) is 0 Å². The second-order valence-electron chi connectivity index (χ2n) is 11.1. The molecular formula is C24H41O21-. The predicted octanol–water partition coefficient (Wildman–Crippen LogP) is -10.4. The van der Waals surface area contributed by atoms with Crippen molar-refractivity contribution in [1.82, 2.24) is 0 Å². The van der Waals surface area contributed by atoms with E-state index in [4.69, 9.17) is 33.2 Å². The van der Waals surface area contributed by atoms with Gasteiger partial charge in [0.1, 0.15) is 91.6 Å². The molecule has 4 fully saturated rings. The van der Waals surface area contributed by atoms with Crippen molar-refractivity contribution in [2.24, 2.45) is 0 Å². The molecule has 0 amide bonds. The van der Waals surface area contributed by atoms with Gasteiger partial charge in [0.25, 0.3) is 0 Å². The minimum Gasteiger partial charge on any atom is -0.829 e. The third-order valence-electron chi connectivity index (χ3n) is 8.19. The van der Waals surface area contributed by atoms with Gasteiger partial charge >= 0.3 is 0 Å². The fraction of sp³-hybridized carbons (Fsp3) is 1.00. The summed E-state index contributed by atoms with van der Waals surface area (Å²) in [6, 6.07) is 0. The lowest BCUT2D eigenvalue weighted by Gasteiger charge is -2.50. The highest BCUT2D eigenvalue weighted by molar-refractivity contribution is 4.97. The van der Waals surface area contributed by atoms with Gasteiger partial charge in [-0.1, -0.05) is 0 Å². The summed E-state index contributed by atoms with van der Waals surface area (Å²) in [5.74, 6) is 0. The monoisotopic (exact) mass is 665 g/mol. The second-order valence-corrected chi connectivity index (χ2v) is 11.1. The van der Waals surface area contributed by atoms with E-state index in [2.05, 4.69) is 0 Å². The van der Waals surface area contributed by atoms with E-state index >= 15 is 0 Å². The molecule has 264 valence electrons. The number of hydrogen-bond donors (Lipinski definition) is 13. The molecule has 0 spiro atoms. The van der Waals surface area contributed by atoms with Crippen molar-refractivity contribution in [1.29, 1.82) is 0 Å². The Morgan fingerprint density at radius 1 is 0.378 bits per heavy atom. The van der Waals surface area contributed by atoms with E-state index in [9.17, 15) is 71.5 Å². The summed E-state index contributed by atoms with van der Waals surface area (Å²) in [6.07, 6.45) is -36.8. The lowest BCUT2D eigenvalue weighted by atomic mass is 9.95. The van der Waals surface area contributed by atoms with Crippen LogP contribution in [0.15, 0.2) is 0 Å². The van der Waals surface area contributed by atoms with Gasteiger partial charge in [-0.2, -0.15) is 0 Å². The van der Waals surface area contributed by atoms with Crippen molar-refractivity contribution < 1.29 is 105 Å². The van der Waals surface area contributed by atoms with Crippen LogP contribution in [0.5, 0.6) is 0 Å². The molecule has 0 unspecified atom stereocenters. The third kappa shape index (κ3) is 7.44. The maximum atomic E-state index is 12.1. The second kappa shape index (κ2) is 15.6. The first-order valence-electron chi connectivity index (χ1n) is 14.1. The summed E-state index contributed by atoms with van der Waals surface area (Å²) in [5, 5.41) is 145. The van der Waals surface area contributed by atoms with Crippen LogP contribution in [-0.4, -0.2) is 216 Å². The van der Waals surface area contributed by atoms with Crippen molar-refractivity contribution in [3.05, 3.63) is 0 Å². The van der Waals surface area contributed by atoms with Crippen molar-refractivity contribution in [2.45, 2.75) is 123 Å². The molecule has 0 aromatic carbocycles. The number of aliphatic hydroxyl groups excluding tert-OH is 13. The average molecular weight is 666 g/mol. The molecule has 4 rings (SSSR count). The van der Waals surface area contributed by atoms with E-state index in [1.807, 2.05) is 0 Å². The van der Waals surface area contributed by atoms with E-state index in [1.165, 1.54) is 0 Å². The molecule has 4 aliphatic heterocycles. The molecule has 4 saturated heterocycles. The Morgan fingerprint density at radius 3 is 1.07 bits per heavy atom. The average Bonchev–Trinajstić information content (AvgIpc) is 3.02. The maximum Gasteiger partial charge on any atom is 0.187 e. The molecular weight excluding hydrogens is 624 g/mol. The number of hydrogen-bond acceptors (Lipinski definition) is 21. The maximum absolute atomic E-state index is 12.1. The molecule has 0 aromatic heterocycles. The van der Waals surface area contributed by atoms with Crippen LogP contribution in [0, 0.1) is 0 Å². The molecule has 20 atom stereocenters. The van der Waals surface area contributed by atoms with Gasteiger partial charge in [0.05, 0.1) is 32.5 Å². The summed E-state index contributed by atoms with van der Waals surface area (Å²) in [7, 11) is 0. The normalized spacial score (nSPS) is 52.9. The molecule has 0 saturated carbocycles. The summed E-state index contributed by atoms with van der Waals surface area (Å²) in [6.45, 7) is -3.48. The molecule has 13 N–H and O–H groups in total. The van der Waals surface area contributed by atoms with Crippen LogP contribution in [0.1, 0.15) is 0 Å². The first-order chi connectivity index (χ1) is 21.3. The highest BCUT2D eigenvalue weighted by Gasteiger charge is 2.55. The first-order valence-corrected chi connectivity index (χ1v) is 14.1. The largest absolute Gasteiger partial charge is 0.829 e. The number of rotatable bonds is 10. The van der Waals surface area contributed by atoms with E-state index in [0.29, 0.717) is 0 Å². The first kappa shape index (κ1) is 37.0. The Hall–Kier alpha value is -0.840. The Balaban J connectivity index is 1.53. The third-order valence-corrected chi connectivity index (χ3v) is 8.19. The minimum atomic E-state index is -2.18. The number of ether oxygens (including phenoxy) is 7. The lowest BCUT2D eigenvalue weighted by molar-refractivity contribution is -0.536. The zero-order valence-corrected chi connectivity index (χ0v) is 23.5. The molecule has 4 heterocycles. The Bertz CT molecular complexity index is 916. The molecule has 21 nitrogen and oxygen atoms in total. The van der Waals surface area contributed by atoms with Crippen LogP contribution >= 0.6 is 0 Å². The Labute approximate surface area is 254 Å². The van der Waals surface area contributed by atoms with Crippen LogP contribution in [-0.2, 0) is 33.2 Å². The molecule has 0 aliphatic carbocycles. The Kier molecular flexibility index (Phi) is 12.8. The zero-order valence-electron chi connectivity index (χ0n) is 23.5. The van der Waals surface area contributed by atoms with Gasteiger partial charge in [-0.3, -0.25) is 0 Å². The van der Waals surface area contributed by atoms with Crippen LogP contribution in [0.2, 0.25) is 0 Å². The van der Waals surface area contributed by atoms with E-state index in [0.717, 1.165) is 0 Å². The fourth-order valence-corrected chi connectivity index (χ4v) is 5.51. The van der Waals surface area contributed by atoms with Gasteiger partial charge in [-0.25, -0.2) is 0 Å². The van der Waals surface area contributed by atoms with Gasteiger partial charge in [0.15, 0.2) is 18.9 Å². The predicted molar refractivity (Wildman–Crippen MR) is 132 cm³/mol. The molecule has 0 aromatic rings. The zero-order chi connectivity index (χ0) is 33.3. The minimum absolute atomic E-state index is 0.818. The Morgan fingerprint density at radius 2 is 0.689 bits per heavy atom. The van der Waals surface area contributed by atoms with Gasteiger partial charge < -0.3 is 105 Å². The highest BCUT2D eigenvalue weighted by Crippen LogP contribution is 2.34. The molecule has 45 heavy (non-hydrogen) atoms. The van der Waals surface area contributed by atoms with Crippen molar-refractivity contribution >= 4 is 0 Å². The van der Waals surface area contributed by atoms with Crippen LogP contribution in [0.3, 0.4) is 0 Å². The van der Waals surface area contributed by atoms with Gasteiger partial charge in [0, 0.05) is 6.29 Å². The summed E-state index contributed by atoms with van der Waals surface area (Å²) in [5.41, 5.74) is 0. The fourth-order valence-electron chi connectivity index (χ4n) is 5.51. The van der Waals surface area contributed by atoms with Crippen molar-refractivity contribution in [3.8, 4) is 0 Å². The lowest BCUT2D eigenvalue weighted by Crippen LogP contribution is -2.68. The van der Waals surface area contributed by atoms with Crippen LogP contribution in [0.25, 0.3) is 0 Å². The highest BCUT2D eigenvalue weighted by atomic mass is 16.8. The van der Waals surface area contributed by atoms with Crippen LogP contribution in [0.4, 0.5) is 0 Å². The topological polar surface area (TPSA) is 351 Å². The van der Waals surface area contributed by atoms with Crippen molar-refractivity contribution in [2.75, 3.05) is 26.4 Å².